The van der Waals surface area contributed by atoms with Gasteiger partial charge in [-0.15, -0.1) is 0 Å². The van der Waals surface area contributed by atoms with Crippen LogP contribution in [0.5, 0.6) is 5.75 Å². The molecule has 0 saturated heterocycles. The van der Waals surface area contributed by atoms with Crippen molar-refractivity contribution >= 4 is 11.6 Å². The summed E-state index contributed by atoms with van der Waals surface area (Å²) in [6.07, 6.45) is 2.55. The van der Waals surface area contributed by atoms with Crippen LogP contribution in [-0.2, 0) is 9.53 Å². The summed E-state index contributed by atoms with van der Waals surface area (Å²) in [6, 6.07) is 5.81. The normalized spacial score (nSPS) is 13.1. The summed E-state index contributed by atoms with van der Waals surface area (Å²) in [5.74, 6) is 1.55. The van der Waals surface area contributed by atoms with Gasteiger partial charge in [-0.25, -0.2) is 0 Å². The van der Waals surface area contributed by atoms with E-state index < -0.39 is 5.60 Å². The van der Waals surface area contributed by atoms with E-state index in [1.807, 2.05) is 32.0 Å². The number of carbonyl (C=O) groups is 1. The van der Waals surface area contributed by atoms with Crippen LogP contribution in [0.15, 0.2) is 18.2 Å². The largest absolute Gasteiger partial charge is 0.490 e. The van der Waals surface area contributed by atoms with Crippen molar-refractivity contribution in [3.63, 3.8) is 0 Å². The van der Waals surface area contributed by atoms with Crippen molar-refractivity contribution in [2.24, 2.45) is 11.8 Å². The van der Waals surface area contributed by atoms with Gasteiger partial charge < -0.3 is 14.8 Å². The number of benzene rings is 1. The fraction of sp³-hybridized carbons (Fsp3) is 0.696. The molecule has 0 aliphatic rings. The molecule has 0 unspecified atom stereocenters. The Labute approximate surface area is 166 Å². The third-order valence-electron chi connectivity index (χ3n) is 4.65. The maximum absolute atomic E-state index is 13.2. The number of ether oxygens (including phenoxy) is 2. The Kier molecular flexibility index (Phi) is 9.31. The van der Waals surface area contributed by atoms with Crippen molar-refractivity contribution < 1.29 is 14.3 Å². The van der Waals surface area contributed by atoms with Gasteiger partial charge in [0.1, 0.15) is 11.4 Å². The first-order valence-electron chi connectivity index (χ1n) is 10.4. The smallest absolute Gasteiger partial charge is 0.256 e. The minimum atomic E-state index is -0.795. The fourth-order valence-corrected chi connectivity index (χ4v) is 3.45. The van der Waals surface area contributed by atoms with Crippen LogP contribution in [0.1, 0.15) is 73.3 Å². The van der Waals surface area contributed by atoms with Crippen LogP contribution in [0.4, 0.5) is 5.69 Å². The summed E-state index contributed by atoms with van der Waals surface area (Å²) in [6.45, 7) is 17.2. The van der Waals surface area contributed by atoms with E-state index in [1.165, 1.54) is 0 Å². The zero-order valence-electron chi connectivity index (χ0n) is 18.5. The number of rotatable bonds is 11. The van der Waals surface area contributed by atoms with Crippen LogP contribution in [0.25, 0.3) is 0 Å². The Morgan fingerprint density at radius 3 is 2.11 bits per heavy atom. The molecule has 1 aromatic rings. The van der Waals surface area contributed by atoms with Gasteiger partial charge in [-0.2, -0.15) is 0 Å². The van der Waals surface area contributed by atoms with Gasteiger partial charge in [-0.3, -0.25) is 4.79 Å². The van der Waals surface area contributed by atoms with Gasteiger partial charge in [0.2, 0.25) is 0 Å². The third-order valence-corrected chi connectivity index (χ3v) is 4.65. The Morgan fingerprint density at radius 1 is 1.07 bits per heavy atom. The Balaban J connectivity index is 3.04. The summed E-state index contributed by atoms with van der Waals surface area (Å²) in [5, 5.41) is 3.09. The molecule has 1 amide bonds. The van der Waals surface area contributed by atoms with E-state index in [4.69, 9.17) is 9.47 Å². The number of amides is 1. The summed E-state index contributed by atoms with van der Waals surface area (Å²) in [5.41, 5.74) is 1.00. The second-order valence-electron chi connectivity index (χ2n) is 8.39. The van der Waals surface area contributed by atoms with Crippen LogP contribution >= 0.6 is 0 Å². The Morgan fingerprint density at radius 2 is 1.67 bits per heavy atom. The molecule has 0 fully saturated rings. The molecule has 4 nitrogen and oxygen atoms in total. The molecule has 4 heteroatoms. The maximum atomic E-state index is 13.2. The van der Waals surface area contributed by atoms with E-state index in [2.05, 4.69) is 46.9 Å². The molecule has 0 aromatic heterocycles. The van der Waals surface area contributed by atoms with Crippen molar-refractivity contribution in [2.45, 2.75) is 86.4 Å². The molecule has 0 aliphatic carbocycles. The summed E-state index contributed by atoms with van der Waals surface area (Å²) >= 11 is 0. The maximum Gasteiger partial charge on any atom is 0.256 e. The average Bonchev–Trinajstić information content (AvgIpc) is 2.56. The Hall–Kier alpha value is -1.55. The number of aryl methyl sites for hydroxylation is 1. The van der Waals surface area contributed by atoms with E-state index >= 15 is 0 Å². The van der Waals surface area contributed by atoms with Gasteiger partial charge in [0, 0.05) is 12.3 Å². The highest BCUT2D eigenvalue weighted by atomic mass is 16.5. The number of nitrogens with one attached hydrogen (secondary N) is 1. The molecule has 0 saturated carbocycles. The predicted molar refractivity (Wildman–Crippen MR) is 113 cm³/mol. The van der Waals surface area contributed by atoms with Gasteiger partial charge in [0.05, 0.1) is 6.10 Å². The first-order valence-corrected chi connectivity index (χ1v) is 10.4. The van der Waals surface area contributed by atoms with Crippen molar-refractivity contribution in [3.8, 4) is 5.75 Å². The topological polar surface area (TPSA) is 47.6 Å². The van der Waals surface area contributed by atoms with E-state index in [0.717, 1.165) is 23.4 Å². The lowest BCUT2D eigenvalue weighted by Gasteiger charge is -2.35. The first kappa shape index (κ1) is 23.5. The highest BCUT2D eigenvalue weighted by Crippen LogP contribution is 2.31. The average molecular weight is 378 g/mol. The first-order chi connectivity index (χ1) is 12.6. The Bertz CT molecular complexity index is 585. The van der Waals surface area contributed by atoms with Crippen LogP contribution in [-0.4, -0.2) is 24.2 Å². The fourth-order valence-electron chi connectivity index (χ4n) is 3.45. The molecule has 1 rings (SSSR count). The zero-order valence-corrected chi connectivity index (χ0v) is 18.5. The van der Waals surface area contributed by atoms with Crippen molar-refractivity contribution in [1.82, 2.24) is 0 Å². The second-order valence-corrected chi connectivity index (χ2v) is 8.39. The summed E-state index contributed by atoms with van der Waals surface area (Å²) in [7, 11) is 0. The van der Waals surface area contributed by atoms with Crippen LogP contribution < -0.4 is 10.1 Å². The molecule has 1 atom stereocenters. The molecular weight excluding hydrogens is 338 g/mol. The SMILES string of the molecule is CCOC(CC(C)C)(CC(C)C)C(=O)Nc1ccc(O[C@@H](C)CC)c(C)c1. The number of carbonyl (C=O) groups excluding carboxylic acids is 1. The summed E-state index contributed by atoms with van der Waals surface area (Å²) in [4.78, 5) is 13.2. The van der Waals surface area contributed by atoms with Gasteiger partial charge in [0.15, 0.2) is 0 Å². The van der Waals surface area contributed by atoms with Gasteiger partial charge in [-0.1, -0.05) is 34.6 Å². The highest BCUT2D eigenvalue weighted by molar-refractivity contribution is 5.97. The minimum absolute atomic E-state index is 0.0539. The van der Waals surface area contributed by atoms with E-state index in [1.54, 1.807) is 0 Å². The van der Waals surface area contributed by atoms with Crippen LogP contribution in [0.2, 0.25) is 0 Å². The molecule has 0 heterocycles. The molecule has 27 heavy (non-hydrogen) atoms. The van der Waals surface area contributed by atoms with E-state index in [-0.39, 0.29) is 12.0 Å². The van der Waals surface area contributed by atoms with E-state index in [9.17, 15) is 4.79 Å². The molecule has 1 N–H and O–H groups in total. The molecular formula is C23H39NO3. The molecule has 1 aromatic carbocycles. The number of anilines is 1. The second kappa shape index (κ2) is 10.7. The third kappa shape index (κ3) is 7.17. The molecule has 0 spiro atoms. The van der Waals surface area contributed by atoms with Crippen LogP contribution in [0.3, 0.4) is 0 Å². The van der Waals surface area contributed by atoms with E-state index in [0.29, 0.717) is 31.3 Å². The number of hydrogen-bond acceptors (Lipinski definition) is 3. The lowest BCUT2D eigenvalue weighted by Crippen LogP contribution is -2.47. The summed E-state index contributed by atoms with van der Waals surface area (Å²) < 4.78 is 12.0. The monoisotopic (exact) mass is 377 g/mol. The van der Waals surface area contributed by atoms with Crippen molar-refractivity contribution in [3.05, 3.63) is 23.8 Å². The van der Waals surface area contributed by atoms with Crippen LogP contribution in [0, 0.1) is 18.8 Å². The quantitative estimate of drug-likeness (QED) is 0.516. The lowest BCUT2D eigenvalue weighted by molar-refractivity contribution is -0.146. The predicted octanol–water partition coefficient (Wildman–Crippen LogP) is 5.98. The van der Waals surface area contributed by atoms with Crippen molar-refractivity contribution in [2.75, 3.05) is 11.9 Å². The molecule has 0 bridgehead atoms. The van der Waals surface area contributed by atoms with Gasteiger partial charge >= 0.3 is 0 Å². The number of hydrogen-bond donors (Lipinski definition) is 1. The van der Waals surface area contributed by atoms with Gasteiger partial charge in [-0.05, 0) is 75.6 Å². The zero-order chi connectivity index (χ0) is 20.6. The molecule has 0 radical (unpaired) electrons. The minimum Gasteiger partial charge on any atom is -0.490 e. The van der Waals surface area contributed by atoms with Gasteiger partial charge in [0.25, 0.3) is 5.91 Å². The molecule has 154 valence electrons. The highest BCUT2D eigenvalue weighted by Gasteiger charge is 2.40. The van der Waals surface area contributed by atoms with Crippen molar-refractivity contribution in [1.29, 1.82) is 0 Å². The standard InChI is InChI=1S/C23H39NO3/c1-9-19(8)27-21-12-11-20(13-18(21)7)24-22(25)23(26-10-2,14-16(3)4)15-17(5)6/h11-13,16-17,19H,9-10,14-15H2,1-8H3,(H,24,25)/t19-/m0/s1. The lowest BCUT2D eigenvalue weighted by atomic mass is 9.83. The molecule has 0 aliphatic heterocycles.